The monoisotopic (exact) mass is 232 g/mol. The fraction of sp³-hybridized carbons (Fsp3) is 0.909. The molecule has 0 aromatic rings. The number of ether oxygens (including phenoxy) is 1. The number of hydrogen-bond acceptors (Lipinski definition) is 3. The maximum absolute atomic E-state index is 13.3. The van der Waals surface area contributed by atoms with Crippen LogP contribution in [0, 0.1) is 0 Å². The third-order valence-electron chi connectivity index (χ3n) is 2.53. The van der Waals surface area contributed by atoms with E-state index < -0.39 is 17.9 Å². The molecule has 0 spiro atoms. The minimum absolute atomic E-state index is 0.0844. The Hall–Kier alpha value is -0.840. The van der Waals surface area contributed by atoms with Crippen LogP contribution in [0.3, 0.4) is 0 Å². The summed E-state index contributed by atoms with van der Waals surface area (Å²) >= 11 is 0. The topological polar surface area (TPSA) is 55.6 Å². The van der Waals surface area contributed by atoms with E-state index >= 15 is 0 Å². The second-order valence-corrected chi connectivity index (χ2v) is 5.39. The first-order valence-electron chi connectivity index (χ1n) is 5.60. The van der Waals surface area contributed by atoms with Gasteiger partial charge in [0.1, 0.15) is 11.8 Å². The summed E-state index contributed by atoms with van der Waals surface area (Å²) in [4.78, 5) is 13.2. The molecule has 0 aliphatic carbocycles. The van der Waals surface area contributed by atoms with Crippen LogP contribution in [0.4, 0.5) is 9.18 Å². The first kappa shape index (κ1) is 13.2. The van der Waals surface area contributed by atoms with Crippen molar-refractivity contribution in [2.45, 2.75) is 58.0 Å². The van der Waals surface area contributed by atoms with Crippen molar-refractivity contribution in [1.82, 2.24) is 4.90 Å². The molecule has 3 atom stereocenters. The zero-order chi connectivity index (χ0) is 12.5. The zero-order valence-corrected chi connectivity index (χ0v) is 10.4. The molecule has 5 heteroatoms. The molecule has 0 radical (unpaired) electrons. The predicted octanol–water partition coefficient (Wildman–Crippen LogP) is 1.68. The average Bonchev–Trinajstić information content (AvgIpc) is 2.44. The van der Waals surface area contributed by atoms with Crippen molar-refractivity contribution in [3.05, 3.63) is 0 Å². The molecule has 1 saturated heterocycles. The highest BCUT2D eigenvalue weighted by Gasteiger charge is 2.39. The first-order valence-corrected chi connectivity index (χ1v) is 5.60. The van der Waals surface area contributed by atoms with E-state index in [1.165, 1.54) is 4.90 Å². The summed E-state index contributed by atoms with van der Waals surface area (Å²) in [6.07, 6.45) is -1.17. The summed E-state index contributed by atoms with van der Waals surface area (Å²) < 4.78 is 18.5. The highest BCUT2D eigenvalue weighted by atomic mass is 19.1. The van der Waals surface area contributed by atoms with Crippen LogP contribution in [-0.2, 0) is 4.74 Å². The molecule has 1 fully saturated rings. The van der Waals surface area contributed by atoms with Crippen molar-refractivity contribution in [3.8, 4) is 0 Å². The summed E-state index contributed by atoms with van der Waals surface area (Å²) in [5.41, 5.74) is 5.17. The zero-order valence-electron chi connectivity index (χ0n) is 10.4. The lowest BCUT2D eigenvalue weighted by molar-refractivity contribution is 0.0203. The van der Waals surface area contributed by atoms with Crippen LogP contribution < -0.4 is 5.73 Å². The minimum atomic E-state index is -0.997. The summed E-state index contributed by atoms with van der Waals surface area (Å²) in [5, 5.41) is 0. The molecular weight excluding hydrogens is 211 g/mol. The van der Waals surface area contributed by atoms with Gasteiger partial charge in [-0.1, -0.05) is 0 Å². The lowest BCUT2D eigenvalue weighted by Gasteiger charge is -2.29. The lowest BCUT2D eigenvalue weighted by atomic mass is 10.1. The van der Waals surface area contributed by atoms with Crippen LogP contribution >= 0.6 is 0 Å². The third-order valence-corrected chi connectivity index (χ3v) is 2.53. The number of nitrogens with zero attached hydrogens (tertiary/aromatic N) is 1. The van der Waals surface area contributed by atoms with E-state index in [1.54, 1.807) is 27.7 Å². The Morgan fingerprint density at radius 3 is 2.56 bits per heavy atom. The molecule has 0 aromatic heterocycles. The highest BCUT2D eigenvalue weighted by Crippen LogP contribution is 2.24. The van der Waals surface area contributed by atoms with Crippen LogP contribution in [0.1, 0.15) is 34.1 Å². The fourth-order valence-electron chi connectivity index (χ4n) is 1.84. The van der Waals surface area contributed by atoms with Gasteiger partial charge in [0, 0.05) is 12.5 Å². The molecule has 4 nitrogen and oxygen atoms in total. The molecule has 1 aliphatic rings. The van der Waals surface area contributed by atoms with Gasteiger partial charge in [-0.25, -0.2) is 9.18 Å². The van der Waals surface area contributed by atoms with E-state index in [-0.39, 0.29) is 18.6 Å². The predicted molar refractivity (Wildman–Crippen MR) is 59.9 cm³/mol. The van der Waals surface area contributed by atoms with Gasteiger partial charge in [0.25, 0.3) is 0 Å². The number of hydrogen-bond donors (Lipinski definition) is 1. The van der Waals surface area contributed by atoms with E-state index in [4.69, 9.17) is 10.5 Å². The molecule has 1 aliphatic heterocycles. The molecule has 1 heterocycles. The van der Waals surface area contributed by atoms with Crippen LogP contribution in [0.2, 0.25) is 0 Å². The average molecular weight is 232 g/mol. The molecule has 1 rings (SSSR count). The largest absolute Gasteiger partial charge is 0.444 e. The Kier molecular flexibility index (Phi) is 3.78. The van der Waals surface area contributed by atoms with Crippen molar-refractivity contribution in [3.63, 3.8) is 0 Å². The second kappa shape index (κ2) is 4.57. The highest BCUT2D eigenvalue weighted by molar-refractivity contribution is 5.69. The number of carbonyl (C=O) groups excluding carboxylic acids is 1. The van der Waals surface area contributed by atoms with E-state index in [1.807, 2.05) is 0 Å². The number of amides is 1. The van der Waals surface area contributed by atoms with Gasteiger partial charge >= 0.3 is 6.09 Å². The number of nitrogens with two attached hydrogens (primary N) is 1. The normalized spacial score (nSPS) is 28.0. The van der Waals surface area contributed by atoms with Crippen LogP contribution in [0.15, 0.2) is 0 Å². The number of halogens is 1. The van der Waals surface area contributed by atoms with Crippen LogP contribution in [0.5, 0.6) is 0 Å². The van der Waals surface area contributed by atoms with Crippen LogP contribution in [0.25, 0.3) is 0 Å². The smallest absolute Gasteiger partial charge is 0.410 e. The molecule has 2 N–H and O–H groups in total. The van der Waals surface area contributed by atoms with Gasteiger partial charge in [0.15, 0.2) is 0 Å². The van der Waals surface area contributed by atoms with E-state index in [0.29, 0.717) is 6.42 Å². The van der Waals surface area contributed by atoms with Crippen molar-refractivity contribution in [2.75, 3.05) is 6.54 Å². The lowest BCUT2D eigenvalue weighted by Crippen LogP contribution is -2.47. The number of alkyl halides is 1. The molecule has 0 bridgehead atoms. The summed E-state index contributed by atoms with van der Waals surface area (Å²) in [6.45, 7) is 7.22. The SMILES string of the molecule is C[C@@H](N)C1C[C@@H](F)CN1C(=O)OC(C)(C)C. The van der Waals surface area contributed by atoms with Crippen molar-refractivity contribution < 1.29 is 13.9 Å². The van der Waals surface area contributed by atoms with Gasteiger partial charge in [-0.05, 0) is 27.7 Å². The quantitative estimate of drug-likeness (QED) is 0.748. The Morgan fingerprint density at radius 2 is 2.12 bits per heavy atom. The standard InChI is InChI=1S/C11H21FN2O2/c1-7(13)9-5-8(12)6-14(9)10(15)16-11(2,3)4/h7-9H,5-6,13H2,1-4H3/t7-,8-,9?/m1/s1. The fourth-order valence-corrected chi connectivity index (χ4v) is 1.84. The molecule has 16 heavy (non-hydrogen) atoms. The van der Waals surface area contributed by atoms with E-state index in [9.17, 15) is 9.18 Å². The molecule has 1 unspecified atom stereocenters. The Bertz CT molecular complexity index is 263. The number of likely N-dealkylation sites (tertiary alicyclic amines) is 1. The molecular formula is C11H21FN2O2. The summed E-state index contributed by atoms with van der Waals surface area (Å²) in [7, 11) is 0. The first-order chi connectivity index (χ1) is 7.20. The van der Waals surface area contributed by atoms with Gasteiger partial charge in [-0.3, -0.25) is 0 Å². The van der Waals surface area contributed by atoms with Gasteiger partial charge in [-0.2, -0.15) is 0 Å². The Balaban J connectivity index is 2.67. The number of rotatable bonds is 1. The Labute approximate surface area is 95.9 Å². The van der Waals surface area contributed by atoms with Gasteiger partial charge in [0.2, 0.25) is 0 Å². The van der Waals surface area contributed by atoms with Crippen LogP contribution in [-0.4, -0.2) is 41.4 Å². The van der Waals surface area contributed by atoms with E-state index in [2.05, 4.69) is 0 Å². The molecule has 0 aromatic carbocycles. The van der Waals surface area contributed by atoms with Gasteiger partial charge in [0.05, 0.1) is 12.6 Å². The van der Waals surface area contributed by atoms with E-state index in [0.717, 1.165) is 0 Å². The van der Waals surface area contributed by atoms with Crippen molar-refractivity contribution in [1.29, 1.82) is 0 Å². The summed E-state index contributed by atoms with van der Waals surface area (Å²) in [6, 6.07) is -0.502. The maximum atomic E-state index is 13.3. The van der Waals surface area contributed by atoms with Crippen molar-refractivity contribution in [2.24, 2.45) is 5.73 Å². The Morgan fingerprint density at radius 1 is 1.56 bits per heavy atom. The number of carbonyl (C=O) groups is 1. The minimum Gasteiger partial charge on any atom is -0.444 e. The van der Waals surface area contributed by atoms with Gasteiger partial charge in [-0.15, -0.1) is 0 Å². The van der Waals surface area contributed by atoms with Gasteiger partial charge < -0.3 is 15.4 Å². The second-order valence-electron chi connectivity index (χ2n) is 5.39. The molecule has 1 amide bonds. The molecule has 94 valence electrons. The third kappa shape index (κ3) is 3.33. The maximum Gasteiger partial charge on any atom is 0.410 e. The van der Waals surface area contributed by atoms with Crippen molar-refractivity contribution >= 4 is 6.09 Å². The molecule has 0 saturated carbocycles. The summed E-state index contributed by atoms with van der Waals surface area (Å²) in [5.74, 6) is 0.